The molecule has 0 aliphatic heterocycles. The average molecular weight is 306 g/mol. The number of pyridine rings is 1. The Labute approximate surface area is 127 Å². The van der Waals surface area contributed by atoms with Gasteiger partial charge in [-0.25, -0.2) is 4.98 Å². The second-order valence-corrected chi connectivity index (χ2v) is 5.64. The molecule has 0 radical (unpaired) electrons. The Hall–Kier alpha value is -1.71. The maximum Gasteiger partial charge on any atom is 0.158 e. The van der Waals surface area contributed by atoms with E-state index in [0.29, 0.717) is 21.5 Å². The molecule has 0 spiro atoms. The summed E-state index contributed by atoms with van der Waals surface area (Å²) in [5.74, 6) is 0.540. The van der Waals surface area contributed by atoms with Crippen LogP contribution in [0.3, 0.4) is 0 Å². The van der Waals surface area contributed by atoms with Crippen molar-refractivity contribution >= 4 is 34.7 Å². The van der Waals surface area contributed by atoms with Gasteiger partial charge in [0.05, 0.1) is 10.0 Å². The van der Waals surface area contributed by atoms with Gasteiger partial charge in [-0.1, -0.05) is 41.4 Å². The molecule has 0 saturated heterocycles. The van der Waals surface area contributed by atoms with Crippen molar-refractivity contribution in [1.29, 1.82) is 0 Å². The molecule has 2 heterocycles. The minimum Gasteiger partial charge on any atom is -0.383 e. The lowest BCUT2D eigenvalue weighted by Gasteiger charge is -2.06. The molecule has 5 heteroatoms. The number of hydrogen-bond donors (Lipinski definition) is 1. The second-order valence-electron chi connectivity index (χ2n) is 4.79. The highest BCUT2D eigenvalue weighted by Gasteiger charge is 2.16. The zero-order valence-corrected chi connectivity index (χ0v) is 12.6. The van der Waals surface area contributed by atoms with Crippen LogP contribution in [0.15, 0.2) is 30.5 Å². The number of nitrogen functional groups attached to an aromatic ring is 1. The van der Waals surface area contributed by atoms with E-state index >= 15 is 0 Å². The van der Waals surface area contributed by atoms with E-state index in [0.717, 1.165) is 16.8 Å². The number of nitrogens with zero attached hydrogens (tertiary/aromatic N) is 2. The maximum atomic E-state index is 6.21. The summed E-state index contributed by atoms with van der Waals surface area (Å²) in [6.45, 7) is 4.12. The Morgan fingerprint density at radius 1 is 1.20 bits per heavy atom. The minimum atomic E-state index is 0.487. The van der Waals surface area contributed by atoms with Crippen LogP contribution in [0.25, 0.3) is 16.9 Å². The first-order valence-corrected chi connectivity index (χ1v) is 6.94. The molecule has 1 aromatic carbocycles. The molecule has 0 saturated carbocycles. The third-order valence-corrected chi connectivity index (χ3v) is 4.02. The van der Waals surface area contributed by atoms with Crippen LogP contribution in [0.5, 0.6) is 0 Å². The van der Waals surface area contributed by atoms with Gasteiger partial charge in [0.15, 0.2) is 5.65 Å². The standard InChI is InChI=1S/C15H13Cl2N3/c1-8-4-3-5-11(9(8)2)13-14(18)20-7-10(16)6-12(17)15(20)19-13/h3-7H,18H2,1-2H3. The van der Waals surface area contributed by atoms with Gasteiger partial charge in [0.25, 0.3) is 0 Å². The molecular weight excluding hydrogens is 293 g/mol. The number of fused-ring (bicyclic) bond motifs is 1. The van der Waals surface area contributed by atoms with Crippen molar-refractivity contribution in [3.05, 3.63) is 51.6 Å². The first kappa shape index (κ1) is 13.3. The van der Waals surface area contributed by atoms with E-state index < -0.39 is 0 Å². The normalized spacial score (nSPS) is 11.2. The summed E-state index contributed by atoms with van der Waals surface area (Å²) in [5, 5.41) is 1.01. The van der Waals surface area contributed by atoms with Gasteiger partial charge in [-0.3, -0.25) is 4.40 Å². The molecule has 0 bridgehead atoms. The van der Waals surface area contributed by atoms with E-state index in [1.165, 1.54) is 5.56 Å². The highest BCUT2D eigenvalue weighted by atomic mass is 35.5. The van der Waals surface area contributed by atoms with Crippen molar-refractivity contribution < 1.29 is 0 Å². The summed E-state index contributed by atoms with van der Waals surface area (Å²) in [4.78, 5) is 4.57. The van der Waals surface area contributed by atoms with Crippen LogP contribution in [0, 0.1) is 13.8 Å². The van der Waals surface area contributed by atoms with Crippen LogP contribution in [-0.2, 0) is 0 Å². The summed E-state index contributed by atoms with van der Waals surface area (Å²) < 4.78 is 1.72. The third-order valence-electron chi connectivity index (χ3n) is 3.54. The number of benzene rings is 1. The first-order valence-electron chi connectivity index (χ1n) is 6.18. The molecule has 0 aliphatic rings. The van der Waals surface area contributed by atoms with E-state index in [1.807, 2.05) is 12.1 Å². The molecular formula is C15H13Cl2N3. The van der Waals surface area contributed by atoms with Gasteiger partial charge in [0.1, 0.15) is 11.5 Å². The Morgan fingerprint density at radius 2 is 1.95 bits per heavy atom. The number of aryl methyl sites for hydroxylation is 1. The fourth-order valence-corrected chi connectivity index (χ4v) is 2.81. The zero-order chi connectivity index (χ0) is 14.4. The number of rotatable bonds is 1. The smallest absolute Gasteiger partial charge is 0.158 e. The average Bonchev–Trinajstić information content (AvgIpc) is 2.71. The molecule has 0 atom stereocenters. The van der Waals surface area contributed by atoms with E-state index in [-0.39, 0.29) is 0 Å². The zero-order valence-electron chi connectivity index (χ0n) is 11.1. The Morgan fingerprint density at radius 3 is 2.70 bits per heavy atom. The number of anilines is 1. The third kappa shape index (κ3) is 1.94. The second kappa shape index (κ2) is 4.69. The van der Waals surface area contributed by atoms with Crippen molar-refractivity contribution in [2.45, 2.75) is 13.8 Å². The number of imidazole rings is 1. The molecule has 0 fully saturated rings. The van der Waals surface area contributed by atoms with Crippen molar-refractivity contribution in [1.82, 2.24) is 9.38 Å². The highest BCUT2D eigenvalue weighted by molar-refractivity contribution is 6.36. The van der Waals surface area contributed by atoms with Gasteiger partial charge in [-0.15, -0.1) is 0 Å². The monoisotopic (exact) mass is 305 g/mol. The molecule has 0 unspecified atom stereocenters. The molecule has 2 N–H and O–H groups in total. The van der Waals surface area contributed by atoms with Crippen LogP contribution < -0.4 is 5.73 Å². The first-order chi connectivity index (χ1) is 9.49. The molecule has 20 heavy (non-hydrogen) atoms. The maximum absolute atomic E-state index is 6.21. The predicted molar refractivity (Wildman–Crippen MR) is 84.5 cm³/mol. The van der Waals surface area contributed by atoms with Gasteiger partial charge >= 0.3 is 0 Å². The van der Waals surface area contributed by atoms with Crippen LogP contribution in [-0.4, -0.2) is 9.38 Å². The quantitative estimate of drug-likeness (QED) is 0.719. The Balaban J connectivity index is 2.35. The van der Waals surface area contributed by atoms with Gasteiger partial charge in [-0.05, 0) is 31.0 Å². The SMILES string of the molecule is Cc1cccc(-c2nc3c(Cl)cc(Cl)cn3c2N)c1C. The van der Waals surface area contributed by atoms with Crippen LogP contribution in [0.4, 0.5) is 5.82 Å². The van der Waals surface area contributed by atoms with Crippen LogP contribution in [0.1, 0.15) is 11.1 Å². The Bertz CT molecular complexity index is 822. The van der Waals surface area contributed by atoms with Crippen LogP contribution in [0.2, 0.25) is 10.0 Å². The van der Waals surface area contributed by atoms with E-state index in [1.54, 1.807) is 16.7 Å². The summed E-state index contributed by atoms with van der Waals surface area (Å²) in [5.41, 5.74) is 10.9. The van der Waals surface area contributed by atoms with Crippen molar-refractivity contribution in [2.75, 3.05) is 5.73 Å². The van der Waals surface area contributed by atoms with Gasteiger partial charge in [0.2, 0.25) is 0 Å². The number of hydrogen-bond acceptors (Lipinski definition) is 2. The lowest BCUT2D eigenvalue weighted by molar-refractivity contribution is 1.20. The largest absolute Gasteiger partial charge is 0.383 e. The summed E-state index contributed by atoms with van der Waals surface area (Å²) in [7, 11) is 0. The number of halogens is 2. The van der Waals surface area contributed by atoms with Crippen molar-refractivity contribution in [2.24, 2.45) is 0 Å². The van der Waals surface area contributed by atoms with Crippen molar-refractivity contribution in [3.63, 3.8) is 0 Å². The molecule has 3 aromatic rings. The molecule has 102 valence electrons. The summed E-state index contributed by atoms with van der Waals surface area (Å²) in [6, 6.07) is 7.73. The topological polar surface area (TPSA) is 43.3 Å². The predicted octanol–water partition coefficient (Wildman–Crippen LogP) is 4.51. The number of nitrogens with two attached hydrogens (primary N) is 1. The fraction of sp³-hybridized carbons (Fsp3) is 0.133. The molecule has 0 aliphatic carbocycles. The van der Waals surface area contributed by atoms with Gasteiger partial charge in [0, 0.05) is 11.8 Å². The van der Waals surface area contributed by atoms with E-state index in [9.17, 15) is 0 Å². The molecule has 3 nitrogen and oxygen atoms in total. The molecule has 0 amide bonds. The van der Waals surface area contributed by atoms with Crippen molar-refractivity contribution in [3.8, 4) is 11.3 Å². The van der Waals surface area contributed by atoms with E-state index in [2.05, 4.69) is 24.9 Å². The molecule has 3 rings (SSSR count). The summed E-state index contributed by atoms with van der Waals surface area (Å²) >= 11 is 12.2. The highest BCUT2D eigenvalue weighted by Crippen LogP contribution is 2.33. The van der Waals surface area contributed by atoms with Gasteiger partial charge in [-0.2, -0.15) is 0 Å². The lowest BCUT2D eigenvalue weighted by atomic mass is 10.0. The van der Waals surface area contributed by atoms with Gasteiger partial charge < -0.3 is 5.73 Å². The molecule has 2 aromatic heterocycles. The van der Waals surface area contributed by atoms with E-state index in [4.69, 9.17) is 28.9 Å². The van der Waals surface area contributed by atoms with Crippen LogP contribution >= 0.6 is 23.2 Å². The number of aromatic nitrogens is 2. The lowest BCUT2D eigenvalue weighted by Crippen LogP contribution is -1.95. The fourth-order valence-electron chi connectivity index (χ4n) is 2.30. The Kier molecular flexibility index (Phi) is 3.11. The minimum absolute atomic E-state index is 0.487. The summed E-state index contributed by atoms with van der Waals surface area (Å²) in [6.07, 6.45) is 1.72.